The molecular formula is C19H26FNO2. The topological polar surface area (TPSA) is 40.5 Å². The Morgan fingerprint density at radius 3 is 2.74 bits per heavy atom. The second-order valence-corrected chi connectivity index (χ2v) is 7.04. The number of fused-ring (bicyclic) bond motifs is 1. The number of likely N-dealkylation sites (tertiary alicyclic amines) is 1. The zero-order valence-electron chi connectivity index (χ0n) is 13.8. The van der Waals surface area contributed by atoms with Gasteiger partial charge < -0.3 is 10.0 Å². The number of halogens is 1. The van der Waals surface area contributed by atoms with Crippen molar-refractivity contribution in [2.45, 2.75) is 63.5 Å². The normalized spacial score (nSPS) is 30.8. The van der Waals surface area contributed by atoms with Crippen LogP contribution in [0.5, 0.6) is 0 Å². The second-order valence-electron chi connectivity index (χ2n) is 7.04. The summed E-state index contributed by atoms with van der Waals surface area (Å²) in [5.41, 5.74) is 0.265. The van der Waals surface area contributed by atoms with Gasteiger partial charge in [-0.2, -0.15) is 0 Å². The van der Waals surface area contributed by atoms with Crippen molar-refractivity contribution in [2.24, 2.45) is 5.92 Å². The van der Waals surface area contributed by atoms with Gasteiger partial charge in [0.1, 0.15) is 5.82 Å². The monoisotopic (exact) mass is 319 g/mol. The summed E-state index contributed by atoms with van der Waals surface area (Å²) < 4.78 is 13.3. The molecule has 3 unspecified atom stereocenters. The van der Waals surface area contributed by atoms with Crippen molar-refractivity contribution in [3.8, 4) is 0 Å². The minimum absolute atomic E-state index is 0.0521. The van der Waals surface area contributed by atoms with Crippen LogP contribution in [0.4, 0.5) is 4.39 Å². The number of nitrogens with zero attached hydrogens (tertiary/aromatic N) is 1. The van der Waals surface area contributed by atoms with E-state index in [2.05, 4.69) is 0 Å². The van der Waals surface area contributed by atoms with Crippen LogP contribution in [0.2, 0.25) is 0 Å². The lowest BCUT2D eigenvalue weighted by atomic mass is 9.66. The molecule has 3 nitrogen and oxygen atoms in total. The Bertz CT molecular complexity index is 559. The highest BCUT2D eigenvalue weighted by molar-refractivity contribution is 5.77. The zero-order chi connectivity index (χ0) is 16.4. The molecule has 0 aromatic heterocycles. The number of carbonyl (C=O) groups excluding carboxylic acids is 1. The fourth-order valence-electron chi connectivity index (χ4n) is 4.39. The standard InChI is InChI=1S/C19H26FNO2/c1-2-5-17(22)21-13-12-19(23)11-4-3-6-16(19)18(21)14-7-9-15(20)10-8-14/h7-10,16,18,23H,2-6,11-13H2,1H3. The Hall–Kier alpha value is -1.42. The van der Waals surface area contributed by atoms with Crippen LogP contribution in [0, 0.1) is 11.7 Å². The maximum Gasteiger partial charge on any atom is 0.223 e. The highest BCUT2D eigenvalue weighted by atomic mass is 19.1. The van der Waals surface area contributed by atoms with Crippen molar-refractivity contribution < 1.29 is 14.3 Å². The summed E-state index contributed by atoms with van der Waals surface area (Å²) in [5, 5.41) is 11.1. The Kier molecular flexibility index (Phi) is 4.72. The smallest absolute Gasteiger partial charge is 0.223 e. The van der Waals surface area contributed by atoms with E-state index in [4.69, 9.17) is 0 Å². The molecule has 3 atom stereocenters. The van der Waals surface area contributed by atoms with Crippen molar-refractivity contribution in [3.05, 3.63) is 35.6 Å². The Morgan fingerprint density at radius 2 is 2.04 bits per heavy atom. The fraction of sp³-hybridized carbons (Fsp3) is 0.632. The lowest BCUT2D eigenvalue weighted by Crippen LogP contribution is -2.56. The maximum atomic E-state index is 13.3. The van der Waals surface area contributed by atoms with Gasteiger partial charge in [-0.3, -0.25) is 4.79 Å². The number of hydrogen-bond donors (Lipinski definition) is 1. The Morgan fingerprint density at radius 1 is 1.30 bits per heavy atom. The van der Waals surface area contributed by atoms with E-state index in [-0.39, 0.29) is 23.7 Å². The number of benzene rings is 1. The molecule has 1 N–H and O–H groups in total. The summed E-state index contributed by atoms with van der Waals surface area (Å²) in [4.78, 5) is 14.5. The zero-order valence-corrected chi connectivity index (χ0v) is 13.8. The van der Waals surface area contributed by atoms with Crippen molar-refractivity contribution >= 4 is 5.91 Å². The average molecular weight is 319 g/mol. The molecule has 1 saturated heterocycles. The SMILES string of the molecule is CCCC(=O)N1CCC2(O)CCCCC2C1c1ccc(F)cc1. The van der Waals surface area contributed by atoms with Crippen LogP contribution in [-0.2, 0) is 4.79 Å². The van der Waals surface area contributed by atoms with Crippen LogP contribution in [0.25, 0.3) is 0 Å². The summed E-state index contributed by atoms with van der Waals surface area (Å²) in [7, 11) is 0. The highest BCUT2D eigenvalue weighted by Crippen LogP contribution is 2.49. The predicted octanol–water partition coefficient (Wildman–Crippen LogP) is 3.82. The summed E-state index contributed by atoms with van der Waals surface area (Å²) in [5.74, 6) is -0.0689. The first-order chi connectivity index (χ1) is 11.0. The molecule has 2 fully saturated rings. The number of rotatable bonds is 3. The number of amides is 1. The quantitative estimate of drug-likeness (QED) is 0.920. The largest absolute Gasteiger partial charge is 0.389 e. The molecule has 1 saturated carbocycles. The Labute approximate surface area is 137 Å². The predicted molar refractivity (Wildman–Crippen MR) is 87.3 cm³/mol. The molecule has 2 aliphatic rings. The second kappa shape index (κ2) is 6.60. The van der Waals surface area contributed by atoms with Gasteiger partial charge in [0.15, 0.2) is 0 Å². The van der Waals surface area contributed by atoms with Gasteiger partial charge in [0.25, 0.3) is 0 Å². The molecule has 1 aromatic rings. The summed E-state index contributed by atoms with van der Waals surface area (Å²) >= 11 is 0. The van der Waals surface area contributed by atoms with Crippen LogP contribution in [0.15, 0.2) is 24.3 Å². The fourth-order valence-corrected chi connectivity index (χ4v) is 4.39. The van der Waals surface area contributed by atoms with Crippen LogP contribution >= 0.6 is 0 Å². The number of hydrogen-bond acceptors (Lipinski definition) is 2. The van der Waals surface area contributed by atoms with E-state index in [0.29, 0.717) is 19.4 Å². The molecule has 1 aromatic carbocycles. The van der Waals surface area contributed by atoms with Gasteiger partial charge in [0.2, 0.25) is 5.91 Å². The molecule has 1 amide bonds. The first-order valence-electron chi connectivity index (χ1n) is 8.82. The lowest BCUT2D eigenvalue weighted by Gasteiger charge is -2.52. The maximum absolute atomic E-state index is 13.3. The summed E-state index contributed by atoms with van der Waals surface area (Å²) in [6.45, 7) is 2.60. The molecule has 4 heteroatoms. The summed E-state index contributed by atoms with van der Waals surface area (Å²) in [6, 6.07) is 6.32. The third-order valence-corrected chi connectivity index (χ3v) is 5.56. The van der Waals surface area contributed by atoms with Crippen LogP contribution in [0.1, 0.15) is 63.5 Å². The number of aliphatic hydroxyl groups is 1. The van der Waals surface area contributed by atoms with Crippen molar-refractivity contribution in [2.75, 3.05) is 6.54 Å². The molecular weight excluding hydrogens is 293 g/mol. The molecule has 23 heavy (non-hydrogen) atoms. The van der Waals surface area contributed by atoms with Crippen LogP contribution in [-0.4, -0.2) is 28.1 Å². The van der Waals surface area contributed by atoms with E-state index in [1.165, 1.54) is 12.1 Å². The van der Waals surface area contributed by atoms with Crippen molar-refractivity contribution in [1.82, 2.24) is 4.90 Å². The minimum atomic E-state index is -0.680. The molecule has 0 radical (unpaired) electrons. The molecule has 0 spiro atoms. The average Bonchev–Trinajstić information content (AvgIpc) is 2.54. The van der Waals surface area contributed by atoms with E-state index in [1.54, 1.807) is 12.1 Å². The molecule has 0 bridgehead atoms. The van der Waals surface area contributed by atoms with E-state index in [0.717, 1.165) is 37.7 Å². The molecule has 126 valence electrons. The number of piperidine rings is 1. The first-order valence-corrected chi connectivity index (χ1v) is 8.82. The highest BCUT2D eigenvalue weighted by Gasteiger charge is 2.49. The first kappa shape index (κ1) is 16.4. The van der Waals surface area contributed by atoms with Gasteiger partial charge in [0, 0.05) is 18.9 Å². The third-order valence-electron chi connectivity index (χ3n) is 5.56. The number of carbonyl (C=O) groups is 1. The minimum Gasteiger partial charge on any atom is -0.389 e. The van der Waals surface area contributed by atoms with E-state index in [9.17, 15) is 14.3 Å². The summed E-state index contributed by atoms with van der Waals surface area (Å²) in [6.07, 6.45) is 5.88. The molecule has 3 rings (SSSR count). The van der Waals surface area contributed by atoms with Gasteiger partial charge in [-0.1, -0.05) is 31.9 Å². The third kappa shape index (κ3) is 3.14. The van der Waals surface area contributed by atoms with Gasteiger partial charge in [-0.25, -0.2) is 4.39 Å². The molecule has 1 heterocycles. The van der Waals surface area contributed by atoms with Crippen molar-refractivity contribution in [1.29, 1.82) is 0 Å². The van der Waals surface area contributed by atoms with Gasteiger partial charge in [0.05, 0.1) is 11.6 Å². The van der Waals surface area contributed by atoms with E-state index >= 15 is 0 Å². The molecule has 1 aliphatic carbocycles. The van der Waals surface area contributed by atoms with E-state index in [1.807, 2.05) is 11.8 Å². The van der Waals surface area contributed by atoms with Crippen LogP contribution < -0.4 is 0 Å². The lowest BCUT2D eigenvalue weighted by molar-refractivity contribution is -0.155. The van der Waals surface area contributed by atoms with Gasteiger partial charge in [-0.15, -0.1) is 0 Å². The van der Waals surface area contributed by atoms with Crippen molar-refractivity contribution in [3.63, 3.8) is 0 Å². The molecule has 1 aliphatic heterocycles. The van der Waals surface area contributed by atoms with Crippen LogP contribution in [0.3, 0.4) is 0 Å². The van der Waals surface area contributed by atoms with Gasteiger partial charge >= 0.3 is 0 Å². The van der Waals surface area contributed by atoms with E-state index < -0.39 is 5.60 Å². The van der Waals surface area contributed by atoms with Gasteiger partial charge in [-0.05, 0) is 43.4 Å². The Balaban J connectivity index is 1.97.